The first-order chi connectivity index (χ1) is 12.4. The summed E-state index contributed by atoms with van der Waals surface area (Å²) in [5.74, 6) is -0.0365. The third-order valence-electron chi connectivity index (χ3n) is 4.19. The molecule has 0 unspecified atom stereocenters. The summed E-state index contributed by atoms with van der Waals surface area (Å²) in [5, 5.41) is 0. The van der Waals surface area contributed by atoms with Gasteiger partial charge in [0.2, 0.25) is 0 Å². The third kappa shape index (κ3) is 4.47. The number of hydrogen-bond acceptors (Lipinski definition) is 5. The van der Waals surface area contributed by atoms with Crippen molar-refractivity contribution >= 4 is 5.91 Å². The number of ether oxygens (including phenoxy) is 1. The summed E-state index contributed by atoms with van der Waals surface area (Å²) in [6.07, 6.45) is 1.15. The summed E-state index contributed by atoms with van der Waals surface area (Å²) < 4.78 is 43.1. The summed E-state index contributed by atoms with van der Waals surface area (Å²) >= 11 is 0. The lowest BCUT2D eigenvalue weighted by Crippen LogP contribution is -2.39. The fourth-order valence-electron chi connectivity index (χ4n) is 2.73. The number of likely N-dealkylation sites (tertiary alicyclic amines) is 1. The Bertz CT molecular complexity index is 730. The van der Waals surface area contributed by atoms with E-state index in [9.17, 15) is 18.0 Å². The van der Waals surface area contributed by atoms with Gasteiger partial charge >= 0.3 is 12.2 Å². The molecule has 0 saturated carbocycles. The molecular weight excluding hydrogens is 349 g/mol. The number of nitrogens with zero attached hydrogens (tertiary/aromatic N) is 4. The van der Waals surface area contributed by atoms with E-state index in [4.69, 9.17) is 4.74 Å². The first-order valence-corrected chi connectivity index (χ1v) is 8.16. The molecule has 0 aliphatic carbocycles. The molecule has 0 aromatic carbocycles. The van der Waals surface area contributed by atoms with Gasteiger partial charge in [0.05, 0.1) is 12.2 Å². The van der Waals surface area contributed by atoms with Crippen LogP contribution in [0.4, 0.5) is 13.2 Å². The number of piperidine rings is 1. The maximum atomic E-state index is 12.5. The van der Waals surface area contributed by atoms with Crippen LogP contribution in [-0.2, 0) is 6.18 Å². The number of aromatic nitrogens is 3. The number of rotatable bonds is 4. The van der Waals surface area contributed by atoms with E-state index < -0.39 is 11.9 Å². The highest BCUT2D eigenvalue weighted by Gasteiger charge is 2.32. The molecule has 1 aliphatic rings. The van der Waals surface area contributed by atoms with Crippen molar-refractivity contribution in [2.75, 3.05) is 19.7 Å². The van der Waals surface area contributed by atoms with E-state index in [1.165, 1.54) is 6.07 Å². The molecule has 1 aliphatic heterocycles. The SMILES string of the molecule is O=C(c1ccc(C(F)(F)F)nc1)N1CCC(COc2ncccn2)CC1. The zero-order valence-corrected chi connectivity index (χ0v) is 13.8. The average molecular weight is 366 g/mol. The molecule has 2 aromatic rings. The van der Waals surface area contributed by atoms with Gasteiger partial charge in [0.1, 0.15) is 5.69 Å². The van der Waals surface area contributed by atoms with Gasteiger partial charge in [0.25, 0.3) is 5.91 Å². The van der Waals surface area contributed by atoms with Crippen LogP contribution < -0.4 is 4.74 Å². The number of halogens is 3. The molecule has 26 heavy (non-hydrogen) atoms. The molecule has 1 saturated heterocycles. The molecule has 0 atom stereocenters. The largest absolute Gasteiger partial charge is 0.463 e. The standard InChI is InChI=1S/C17H17F3N4O2/c18-17(19,20)14-3-2-13(10-23-14)15(25)24-8-4-12(5-9-24)11-26-16-21-6-1-7-22-16/h1-3,6-7,10,12H,4-5,8-9,11H2. The summed E-state index contributed by atoms with van der Waals surface area (Å²) in [7, 11) is 0. The van der Waals surface area contributed by atoms with E-state index in [-0.39, 0.29) is 17.4 Å². The second kappa shape index (κ2) is 7.67. The molecule has 9 heteroatoms. The van der Waals surface area contributed by atoms with Crippen LogP contribution in [0.2, 0.25) is 0 Å². The maximum absolute atomic E-state index is 12.5. The van der Waals surface area contributed by atoms with Gasteiger partial charge in [-0.3, -0.25) is 9.78 Å². The van der Waals surface area contributed by atoms with Crippen LogP contribution in [0.1, 0.15) is 28.9 Å². The van der Waals surface area contributed by atoms with Gasteiger partial charge in [0.15, 0.2) is 0 Å². The normalized spacial score (nSPS) is 15.7. The lowest BCUT2D eigenvalue weighted by atomic mass is 9.97. The predicted molar refractivity (Wildman–Crippen MR) is 85.4 cm³/mol. The van der Waals surface area contributed by atoms with E-state index in [0.717, 1.165) is 25.1 Å². The van der Waals surface area contributed by atoms with E-state index in [1.807, 2.05) is 0 Å². The zero-order valence-electron chi connectivity index (χ0n) is 13.8. The van der Waals surface area contributed by atoms with Crippen molar-refractivity contribution < 1.29 is 22.7 Å². The number of hydrogen-bond donors (Lipinski definition) is 0. The molecule has 3 rings (SSSR count). The van der Waals surface area contributed by atoms with Crippen LogP contribution >= 0.6 is 0 Å². The van der Waals surface area contributed by atoms with Crippen LogP contribution in [0.3, 0.4) is 0 Å². The van der Waals surface area contributed by atoms with Gasteiger partial charge in [-0.2, -0.15) is 13.2 Å². The lowest BCUT2D eigenvalue weighted by molar-refractivity contribution is -0.141. The average Bonchev–Trinajstić information content (AvgIpc) is 2.66. The number of carbonyl (C=O) groups is 1. The minimum absolute atomic E-state index is 0.158. The molecule has 6 nitrogen and oxygen atoms in total. The minimum atomic E-state index is -4.51. The van der Waals surface area contributed by atoms with Gasteiger partial charge in [-0.15, -0.1) is 0 Å². The summed E-state index contributed by atoms with van der Waals surface area (Å²) in [6.45, 7) is 1.50. The topological polar surface area (TPSA) is 68.2 Å². The molecule has 2 aromatic heterocycles. The molecule has 0 spiro atoms. The molecule has 0 radical (unpaired) electrons. The second-order valence-corrected chi connectivity index (χ2v) is 6.01. The van der Waals surface area contributed by atoms with Crippen LogP contribution in [0.25, 0.3) is 0 Å². The molecule has 1 amide bonds. The van der Waals surface area contributed by atoms with Crippen molar-refractivity contribution in [3.8, 4) is 6.01 Å². The van der Waals surface area contributed by atoms with Crippen LogP contribution in [0.15, 0.2) is 36.8 Å². The first kappa shape index (κ1) is 18.1. The van der Waals surface area contributed by atoms with Crippen molar-refractivity contribution in [1.29, 1.82) is 0 Å². The van der Waals surface area contributed by atoms with Gasteiger partial charge in [-0.05, 0) is 37.0 Å². The molecule has 3 heterocycles. The monoisotopic (exact) mass is 366 g/mol. The number of pyridine rings is 1. The fraction of sp³-hybridized carbons (Fsp3) is 0.412. The van der Waals surface area contributed by atoms with E-state index in [0.29, 0.717) is 25.7 Å². The summed E-state index contributed by atoms with van der Waals surface area (Å²) in [6, 6.07) is 4.02. The number of alkyl halides is 3. The van der Waals surface area contributed by atoms with Gasteiger partial charge in [-0.1, -0.05) is 0 Å². The smallest absolute Gasteiger partial charge is 0.433 e. The Kier molecular flexibility index (Phi) is 5.34. The summed E-state index contributed by atoms with van der Waals surface area (Å²) in [4.78, 5) is 25.3. The Morgan fingerprint density at radius 3 is 2.42 bits per heavy atom. The predicted octanol–water partition coefficient (Wildman–Crippen LogP) is 2.82. The van der Waals surface area contributed by atoms with E-state index in [1.54, 1.807) is 23.4 Å². The van der Waals surface area contributed by atoms with Crippen LogP contribution in [0.5, 0.6) is 6.01 Å². The maximum Gasteiger partial charge on any atom is 0.433 e. The molecule has 138 valence electrons. The van der Waals surface area contributed by atoms with Gasteiger partial charge in [0, 0.05) is 31.7 Å². The van der Waals surface area contributed by atoms with Crippen molar-refractivity contribution in [1.82, 2.24) is 19.9 Å². The molecular formula is C17H17F3N4O2. The first-order valence-electron chi connectivity index (χ1n) is 8.16. The highest BCUT2D eigenvalue weighted by molar-refractivity contribution is 5.94. The Labute approximate surface area is 148 Å². The Morgan fingerprint density at radius 1 is 1.15 bits per heavy atom. The van der Waals surface area contributed by atoms with Crippen molar-refractivity contribution in [2.24, 2.45) is 5.92 Å². The Morgan fingerprint density at radius 2 is 1.85 bits per heavy atom. The second-order valence-electron chi connectivity index (χ2n) is 6.01. The number of amides is 1. The van der Waals surface area contributed by atoms with Gasteiger partial charge < -0.3 is 9.64 Å². The minimum Gasteiger partial charge on any atom is -0.463 e. The lowest BCUT2D eigenvalue weighted by Gasteiger charge is -2.31. The Hall–Kier alpha value is -2.71. The molecule has 0 bridgehead atoms. The van der Waals surface area contributed by atoms with E-state index >= 15 is 0 Å². The third-order valence-corrected chi connectivity index (χ3v) is 4.19. The number of carbonyl (C=O) groups excluding carboxylic acids is 1. The quantitative estimate of drug-likeness (QED) is 0.832. The van der Waals surface area contributed by atoms with Crippen molar-refractivity contribution in [3.63, 3.8) is 0 Å². The van der Waals surface area contributed by atoms with E-state index in [2.05, 4.69) is 15.0 Å². The van der Waals surface area contributed by atoms with Crippen LogP contribution in [-0.4, -0.2) is 45.5 Å². The highest BCUT2D eigenvalue weighted by Crippen LogP contribution is 2.27. The zero-order chi connectivity index (χ0) is 18.6. The Balaban J connectivity index is 1.50. The van der Waals surface area contributed by atoms with Crippen molar-refractivity contribution in [3.05, 3.63) is 48.0 Å². The molecule has 1 fully saturated rings. The van der Waals surface area contributed by atoms with Crippen LogP contribution in [0, 0.1) is 5.92 Å². The highest BCUT2D eigenvalue weighted by atomic mass is 19.4. The summed E-state index contributed by atoms with van der Waals surface area (Å²) in [5.41, 5.74) is -0.849. The fourth-order valence-corrected chi connectivity index (χ4v) is 2.73. The van der Waals surface area contributed by atoms with Crippen molar-refractivity contribution in [2.45, 2.75) is 19.0 Å². The van der Waals surface area contributed by atoms with Gasteiger partial charge in [-0.25, -0.2) is 9.97 Å². The molecule has 0 N–H and O–H groups in total.